The van der Waals surface area contributed by atoms with Crippen LogP contribution in [0.3, 0.4) is 0 Å². The van der Waals surface area contributed by atoms with Crippen LogP contribution < -0.4 is 0 Å². The van der Waals surface area contributed by atoms with Crippen molar-refractivity contribution in [3.8, 4) is 0 Å². The van der Waals surface area contributed by atoms with E-state index < -0.39 is 0 Å². The van der Waals surface area contributed by atoms with Gasteiger partial charge in [-0.05, 0) is 24.3 Å². The van der Waals surface area contributed by atoms with Crippen LogP contribution in [-0.2, 0) is 0 Å². The number of rotatable bonds is 0. The van der Waals surface area contributed by atoms with Crippen molar-refractivity contribution in [2.45, 2.75) is 0 Å². The number of H-pyrrole nitrogens is 1. The lowest BCUT2D eigenvalue weighted by Gasteiger charge is -1.97. The molecule has 1 N–H and O–H groups in total. The molecular weight excluding hydrogens is 290 g/mol. The van der Waals surface area contributed by atoms with E-state index in [9.17, 15) is 0 Å². The van der Waals surface area contributed by atoms with Crippen LogP contribution in [0, 0.1) is 0 Å². The van der Waals surface area contributed by atoms with E-state index in [1.807, 2.05) is 42.5 Å². The van der Waals surface area contributed by atoms with Gasteiger partial charge in [0, 0.05) is 9.86 Å². The third-order valence-corrected chi connectivity index (χ3v) is 3.73. The molecule has 4 rings (SSSR count). The highest BCUT2D eigenvalue weighted by Crippen LogP contribution is 2.30. The summed E-state index contributed by atoms with van der Waals surface area (Å²) in [6, 6.07) is 14.0. The second-order valence-corrected chi connectivity index (χ2v) is 5.05. The molecule has 0 bridgehead atoms. The van der Waals surface area contributed by atoms with Crippen molar-refractivity contribution >= 4 is 49.0 Å². The number of aromatic nitrogens is 3. The fourth-order valence-electron chi connectivity index (χ4n) is 2.26. The van der Waals surface area contributed by atoms with Gasteiger partial charge in [0.25, 0.3) is 0 Å². The number of halogens is 1. The summed E-state index contributed by atoms with van der Waals surface area (Å²) >= 11 is 3.57. The van der Waals surface area contributed by atoms with Gasteiger partial charge in [-0.1, -0.05) is 34.1 Å². The molecule has 0 atom stereocenters. The smallest absolute Gasteiger partial charge is 0.157 e. The fourth-order valence-corrected chi connectivity index (χ4v) is 2.81. The van der Waals surface area contributed by atoms with Gasteiger partial charge in [-0.3, -0.25) is 0 Å². The summed E-state index contributed by atoms with van der Waals surface area (Å²) in [7, 11) is 0. The number of benzene rings is 2. The van der Waals surface area contributed by atoms with Gasteiger partial charge < -0.3 is 4.98 Å². The predicted octanol–water partition coefficient (Wildman–Crippen LogP) is 4.03. The highest BCUT2D eigenvalue weighted by atomic mass is 79.9. The summed E-state index contributed by atoms with van der Waals surface area (Å²) in [4.78, 5) is 12.6. The van der Waals surface area contributed by atoms with E-state index in [-0.39, 0.29) is 0 Å². The van der Waals surface area contributed by atoms with Crippen LogP contribution in [0.5, 0.6) is 0 Å². The standard InChI is InChI=1S/C14H8BrN3/c15-8-4-3-7-11-12(8)13-14(18-11)17-10-6-2-1-5-9(10)16-13/h1-7H,(H,17,18). The minimum absolute atomic E-state index is 0.829. The summed E-state index contributed by atoms with van der Waals surface area (Å²) < 4.78 is 1.04. The van der Waals surface area contributed by atoms with Crippen LogP contribution in [0.2, 0.25) is 0 Å². The molecule has 2 aromatic carbocycles. The largest absolute Gasteiger partial charge is 0.338 e. The van der Waals surface area contributed by atoms with Crippen LogP contribution in [0.4, 0.5) is 0 Å². The molecule has 0 radical (unpaired) electrons. The van der Waals surface area contributed by atoms with Crippen LogP contribution in [0.25, 0.3) is 33.1 Å². The molecule has 0 saturated carbocycles. The average molecular weight is 298 g/mol. The van der Waals surface area contributed by atoms with Crippen molar-refractivity contribution in [1.29, 1.82) is 0 Å². The van der Waals surface area contributed by atoms with Crippen molar-refractivity contribution < 1.29 is 0 Å². The van der Waals surface area contributed by atoms with Crippen molar-refractivity contribution in [1.82, 2.24) is 15.0 Å². The zero-order valence-corrected chi connectivity index (χ0v) is 10.9. The molecular formula is C14H8BrN3. The lowest BCUT2D eigenvalue weighted by atomic mass is 10.2. The first-order chi connectivity index (χ1) is 8.83. The van der Waals surface area contributed by atoms with Gasteiger partial charge in [0.1, 0.15) is 5.52 Å². The molecule has 4 aromatic rings. The van der Waals surface area contributed by atoms with E-state index in [0.717, 1.165) is 37.6 Å². The Kier molecular flexibility index (Phi) is 1.96. The molecule has 0 saturated heterocycles. The number of nitrogens with one attached hydrogen (secondary N) is 1. The van der Waals surface area contributed by atoms with E-state index in [4.69, 9.17) is 4.98 Å². The van der Waals surface area contributed by atoms with E-state index in [1.54, 1.807) is 0 Å². The maximum absolute atomic E-state index is 4.70. The van der Waals surface area contributed by atoms with Crippen LogP contribution in [0.1, 0.15) is 0 Å². The highest BCUT2D eigenvalue weighted by molar-refractivity contribution is 9.10. The second kappa shape index (κ2) is 3.53. The maximum Gasteiger partial charge on any atom is 0.157 e. The molecule has 86 valence electrons. The van der Waals surface area contributed by atoms with E-state index >= 15 is 0 Å². The van der Waals surface area contributed by atoms with Gasteiger partial charge in [0.05, 0.1) is 16.6 Å². The summed E-state index contributed by atoms with van der Waals surface area (Å²) in [5, 5.41) is 1.09. The molecule has 0 aliphatic heterocycles. The van der Waals surface area contributed by atoms with Gasteiger partial charge in [-0.15, -0.1) is 0 Å². The normalized spacial score (nSPS) is 11.6. The van der Waals surface area contributed by atoms with Crippen LogP contribution >= 0.6 is 15.9 Å². The topological polar surface area (TPSA) is 41.6 Å². The molecule has 0 aliphatic carbocycles. The van der Waals surface area contributed by atoms with Crippen LogP contribution in [0.15, 0.2) is 46.9 Å². The zero-order valence-electron chi connectivity index (χ0n) is 9.31. The van der Waals surface area contributed by atoms with Crippen molar-refractivity contribution in [2.75, 3.05) is 0 Å². The highest BCUT2D eigenvalue weighted by Gasteiger charge is 2.10. The molecule has 2 aromatic heterocycles. The summed E-state index contributed by atoms with van der Waals surface area (Å²) in [6.45, 7) is 0. The number of nitrogens with zero attached hydrogens (tertiary/aromatic N) is 2. The average Bonchev–Trinajstić information content (AvgIpc) is 2.74. The Morgan fingerprint density at radius 1 is 0.889 bits per heavy atom. The third kappa shape index (κ3) is 1.29. The number of hydrogen-bond donors (Lipinski definition) is 1. The van der Waals surface area contributed by atoms with Gasteiger partial charge in [-0.2, -0.15) is 0 Å². The van der Waals surface area contributed by atoms with Gasteiger partial charge in [0.15, 0.2) is 5.65 Å². The van der Waals surface area contributed by atoms with Gasteiger partial charge in [0.2, 0.25) is 0 Å². The minimum Gasteiger partial charge on any atom is -0.338 e. The first kappa shape index (κ1) is 10.0. The van der Waals surface area contributed by atoms with Gasteiger partial charge >= 0.3 is 0 Å². The lowest BCUT2D eigenvalue weighted by molar-refractivity contribution is 1.36. The number of hydrogen-bond acceptors (Lipinski definition) is 2. The summed E-state index contributed by atoms with van der Waals surface area (Å²) in [6.07, 6.45) is 0. The lowest BCUT2D eigenvalue weighted by Crippen LogP contribution is -1.84. The first-order valence-electron chi connectivity index (χ1n) is 5.65. The second-order valence-electron chi connectivity index (χ2n) is 4.20. The van der Waals surface area contributed by atoms with Crippen LogP contribution in [-0.4, -0.2) is 15.0 Å². The van der Waals surface area contributed by atoms with Gasteiger partial charge in [-0.25, -0.2) is 9.97 Å². The monoisotopic (exact) mass is 297 g/mol. The minimum atomic E-state index is 0.829. The third-order valence-electron chi connectivity index (χ3n) is 3.07. The first-order valence-corrected chi connectivity index (χ1v) is 6.45. The Balaban J connectivity index is 2.29. The van der Waals surface area contributed by atoms with E-state index in [0.29, 0.717) is 0 Å². The molecule has 0 amide bonds. The molecule has 0 unspecified atom stereocenters. The Morgan fingerprint density at radius 3 is 2.50 bits per heavy atom. The molecule has 0 aliphatic rings. The quantitative estimate of drug-likeness (QED) is 0.532. The van der Waals surface area contributed by atoms with E-state index in [2.05, 4.69) is 25.9 Å². The maximum atomic E-state index is 4.70. The Bertz CT molecular complexity index is 895. The molecule has 4 heteroatoms. The van der Waals surface area contributed by atoms with Crippen molar-refractivity contribution in [2.24, 2.45) is 0 Å². The fraction of sp³-hybridized carbons (Fsp3) is 0. The number of para-hydroxylation sites is 2. The number of aromatic amines is 1. The summed E-state index contributed by atoms with van der Waals surface area (Å²) in [5.41, 5.74) is 4.62. The SMILES string of the molecule is Brc1cccc2[nH]c3nc4ccccc4nc3c12. The Morgan fingerprint density at radius 2 is 1.67 bits per heavy atom. The number of fused-ring (bicyclic) bond motifs is 4. The van der Waals surface area contributed by atoms with E-state index in [1.165, 1.54) is 0 Å². The molecule has 0 spiro atoms. The Hall–Kier alpha value is -1.94. The summed E-state index contributed by atoms with van der Waals surface area (Å²) in [5.74, 6) is 0. The predicted molar refractivity (Wildman–Crippen MR) is 76.6 cm³/mol. The zero-order chi connectivity index (χ0) is 12.1. The molecule has 3 nitrogen and oxygen atoms in total. The molecule has 2 heterocycles. The molecule has 0 fully saturated rings. The molecule has 18 heavy (non-hydrogen) atoms. The Labute approximate surface area is 111 Å². The van der Waals surface area contributed by atoms with Crippen molar-refractivity contribution in [3.05, 3.63) is 46.9 Å². The van der Waals surface area contributed by atoms with Crippen molar-refractivity contribution in [3.63, 3.8) is 0 Å².